The van der Waals surface area contributed by atoms with E-state index in [0.29, 0.717) is 38.5 Å². The van der Waals surface area contributed by atoms with Crippen LogP contribution in [0.1, 0.15) is 374 Å². The van der Waals surface area contributed by atoms with Gasteiger partial charge in [-0.3, -0.25) is 28.2 Å². The predicted octanol–water partition coefficient (Wildman–Crippen LogP) is 15.2. The molecule has 2 saturated heterocycles. The van der Waals surface area contributed by atoms with Crippen molar-refractivity contribution < 1.29 is 122 Å². The zero-order chi connectivity index (χ0) is 81.1. The number of carbonyl (C=O) groups is 4. The highest BCUT2D eigenvalue weighted by Crippen LogP contribution is 2.49. The monoisotopic (exact) mass is 1610 g/mol. The molecule has 1 aliphatic carbocycles. The highest BCUT2D eigenvalue weighted by molar-refractivity contribution is 7.47. The molecular weight excluding hydrogens is 1450 g/mol. The van der Waals surface area contributed by atoms with E-state index in [9.17, 15) is 74.6 Å². The van der Waals surface area contributed by atoms with Gasteiger partial charge in [-0.2, -0.15) is 0 Å². The Morgan fingerprint density at radius 1 is 0.351 bits per heavy atom. The Kier molecular flexibility index (Phi) is 60.1. The Bertz CT molecular complexity index is 2370. The largest absolute Gasteiger partial charge is 0.472 e. The molecule has 0 aromatic carbocycles. The van der Waals surface area contributed by atoms with Gasteiger partial charge in [0.05, 0.1) is 13.2 Å². The van der Waals surface area contributed by atoms with Gasteiger partial charge in [0.25, 0.3) is 0 Å². The maximum absolute atomic E-state index is 14.8. The number of ether oxygens (including phenoxy) is 8. The molecule has 111 heavy (non-hydrogen) atoms. The van der Waals surface area contributed by atoms with Crippen molar-refractivity contribution in [3.8, 4) is 0 Å². The minimum atomic E-state index is -5.80. The number of hydrogen-bond donors (Lipinski definition) is 10. The third kappa shape index (κ3) is 46.2. The molecule has 2 heterocycles. The molecule has 1 saturated carbocycles. The van der Waals surface area contributed by atoms with Gasteiger partial charge in [-0.05, 0) is 51.4 Å². The van der Waals surface area contributed by atoms with Crippen molar-refractivity contribution in [1.82, 2.24) is 0 Å². The van der Waals surface area contributed by atoms with Crippen LogP contribution in [0.2, 0.25) is 0 Å². The van der Waals surface area contributed by atoms with Gasteiger partial charge < -0.3 is 88.7 Å². The SMILES string of the molecule is CCCCCCCC/C=C\CCCCCC(=O)OCC1OC(OC2C(OC(=O)CCCCCCCCCCCCCCC)C(O)C(O)C(OC3OC(CO)C(O)C(O)C3O)C2OP(=O)(O)OCC(COC(=O)CCCCCCCCCCCCCCC)OC(=O)CCCCCCCCCCCCCCC)C(O)C(O)C1O. The second-order valence-corrected chi connectivity index (χ2v) is 33.2. The van der Waals surface area contributed by atoms with Crippen LogP contribution in [0.4, 0.5) is 0 Å². The summed E-state index contributed by atoms with van der Waals surface area (Å²) in [7, 11) is -5.80. The molecule has 18 atom stereocenters. The highest BCUT2D eigenvalue weighted by atomic mass is 31.2. The molecular formula is C85H157O25P. The zero-order valence-electron chi connectivity index (χ0n) is 69.0. The van der Waals surface area contributed by atoms with Crippen LogP contribution in [0.5, 0.6) is 0 Å². The van der Waals surface area contributed by atoms with E-state index in [1.165, 1.54) is 161 Å². The predicted molar refractivity (Wildman–Crippen MR) is 426 cm³/mol. The lowest BCUT2D eigenvalue weighted by molar-refractivity contribution is -0.360. The third-order valence-corrected chi connectivity index (χ3v) is 22.8. The normalized spacial score (nSPS) is 25.7. The first-order valence-electron chi connectivity index (χ1n) is 44.4. The molecule has 652 valence electrons. The summed E-state index contributed by atoms with van der Waals surface area (Å²) in [4.78, 5) is 66.2. The lowest BCUT2D eigenvalue weighted by Crippen LogP contribution is -2.70. The van der Waals surface area contributed by atoms with Crippen molar-refractivity contribution in [3.05, 3.63) is 12.2 Å². The first-order chi connectivity index (χ1) is 53.7. The summed E-state index contributed by atoms with van der Waals surface area (Å²) in [5.74, 6) is -2.97. The fraction of sp³-hybridized carbons (Fsp3) is 0.929. The molecule has 0 radical (unpaired) electrons. The molecule has 0 aromatic heterocycles. The molecule has 0 amide bonds. The number of phosphoric acid groups is 1. The highest BCUT2D eigenvalue weighted by Gasteiger charge is 2.60. The van der Waals surface area contributed by atoms with Gasteiger partial charge >= 0.3 is 31.7 Å². The van der Waals surface area contributed by atoms with E-state index in [1.54, 1.807) is 0 Å². The van der Waals surface area contributed by atoms with Crippen LogP contribution in [0.25, 0.3) is 0 Å². The van der Waals surface area contributed by atoms with E-state index >= 15 is 0 Å². The zero-order valence-corrected chi connectivity index (χ0v) is 69.9. The van der Waals surface area contributed by atoms with Crippen LogP contribution in [-0.2, 0) is 70.7 Å². The molecule has 0 spiro atoms. The van der Waals surface area contributed by atoms with Crippen LogP contribution in [0.15, 0.2) is 12.2 Å². The fourth-order valence-corrected chi connectivity index (χ4v) is 15.6. The number of esters is 4. The maximum Gasteiger partial charge on any atom is 0.472 e. The summed E-state index contributed by atoms with van der Waals surface area (Å²) in [5.41, 5.74) is 0. The number of carbonyl (C=O) groups excluding carboxylic acids is 4. The Hall–Kier alpha value is -2.79. The molecule has 3 fully saturated rings. The number of rotatable bonds is 71. The van der Waals surface area contributed by atoms with Crippen molar-refractivity contribution >= 4 is 31.7 Å². The minimum Gasteiger partial charge on any atom is -0.463 e. The van der Waals surface area contributed by atoms with E-state index < -0.39 is 162 Å². The second kappa shape index (κ2) is 65.2. The van der Waals surface area contributed by atoms with Crippen molar-refractivity contribution in [2.75, 3.05) is 26.4 Å². The summed E-state index contributed by atoms with van der Waals surface area (Å²) < 4.78 is 73.2. The Labute approximate surface area is 667 Å². The average Bonchev–Trinajstić information content (AvgIpc) is 0.756. The third-order valence-electron chi connectivity index (χ3n) is 21.8. The van der Waals surface area contributed by atoms with Crippen molar-refractivity contribution in [3.63, 3.8) is 0 Å². The molecule has 2 aliphatic heterocycles. The number of aliphatic hydroxyl groups excluding tert-OH is 9. The van der Waals surface area contributed by atoms with Gasteiger partial charge in [0.2, 0.25) is 0 Å². The molecule has 0 aromatic rings. The summed E-state index contributed by atoms with van der Waals surface area (Å²) in [6.45, 7) is 5.55. The van der Waals surface area contributed by atoms with Crippen LogP contribution in [0, 0.1) is 0 Å². The molecule has 26 heteroatoms. The maximum atomic E-state index is 14.8. The van der Waals surface area contributed by atoms with Gasteiger partial charge in [0.1, 0.15) is 92.6 Å². The molecule has 0 bridgehead atoms. The molecule has 18 unspecified atom stereocenters. The summed E-state index contributed by atoms with van der Waals surface area (Å²) >= 11 is 0. The summed E-state index contributed by atoms with van der Waals surface area (Å²) in [5, 5.41) is 102. The van der Waals surface area contributed by atoms with Crippen LogP contribution < -0.4 is 0 Å². The average molecular weight is 1610 g/mol. The molecule has 3 aliphatic rings. The lowest BCUT2D eigenvalue weighted by atomic mass is 9.84. The number of hydrogen-bond acceptors (Lipinski definition) is 24. The standard InChI is InChI=1S/C85H157O25P/c1-5-9-13-17-21-25-29-33-37-41-45-49-53-57-68(87)101-62-65(104-70(89)59-55-51-47-43-39-35-31-27-23-19-15-11-7-3)63-103-111(99,100)110-83-81(108-84-78(97)74(93)72(91)66(61-86)105-84)77(96)76(95)80(107-71(90)60-56-52-48-44-40-36-32-28-24-20-16-12-8-4)82(83)109-85-79(98)75(94)73(92)67(106-85)64-102-69(88)58-54-50-46-42-38-34-30-26-22-18-14-10-6-2/h34,38,65-67,72-86,91-98H,5-33,35-37,39-64H2,1-4H3,(H,99,100)/b38-34-. The Balaban J connectivity index is 1.94. The van der Waals surface area contributed by atoms with Gasteiger partial charge in [-0.25, -0.2) is 4.57 Å². The van der Waals surface area contributed by atoms with Gasteiger partial charge in [0, 0.05) is 25.7 Å². The van der Waals surface area contributed by atoms with Crippen molar-refractivity contribution in [2.45, 2.75) is 479 Å². The van der Waals surface area contributed by atoms with Gasteiger partial charge in [-0.15, -0.1) is 0 Å². The number of aliphatic hydroxyl groups is 9. The quantitative estimate of drug-likeness (QED) is 0.00889. The van der Waals surface area contributed by atoms with E-state index in [0.717, 1.165) is 122 Å². The molecule has 3 rings (SSSR count). The molecule has 10 N–H and O–H groups in total. The first-order valence-corrected chi connectivity index (χ1v) is 45.9. The number of allylic oxidation sites excluding steroid dienone is 2. The Morgan fingerprint density at radius 3 is 1.08 bits per heavy atom. The van der Waals surface area contributed by atoms with E-state index in [1.807, 2.05) is 0 Å². The lowest BCUT2D eigenvalue weighted by Gasteiger charge is -2.50. The van der Waals surface area contributed by atoms with E-state index in [-0.39, 0.29) is 25.7 Å². The smallest absolute Gasteiger partial charge is 0.463 e. The van der Waals surface area contributed by atoms with E-state index in [4.69, 9.17) is 46.9 Å². The number of phosphoric ester groups is 1. The topological polar surface area (TPSA) is 380 Å². The summed E-state index contributed by atoms with van der Waals surface area (Å²) in [6, 6.07) is 0. The van der Waals surface area contributed by atoms with Crippen LogP contribution >= 0.6 is 7.82 Å². The van der Waals surface area contributed by atoms with Crippen molar-refractivity contribution in [2.24, 2.45) is 0 Å². The van der Waals surface area contributed by atoms with Gasteiger partial charge in [0.15, 0.2) is 24.8 Å². The first kappa shape index (κ1) is 102. The second-order valence-electron chi connectivity index (χ2n) is 31.8. The fourth-order valence-electron chi connectivity index (χ4n) is 14.7. The van der Waals surface area contributed by atoms with Crippen LogP contribution in [0.3, 0.4) is 0 Å². The van der Waals surface area contributed by atoms with Crippen LogP contribution in [-0.4, -0.2) is 205 Å². The Morgan fingerprint density at radius 2 is 0.676 bits per heavy atom. The summed E-state index contributed by atoms with van der Waals surface area (Å²) in [6.07, 6.45) is 21.0. The van der Waals surface area contributed by atoms with Gasteiger partial charge in [-0.1, -0.05) is 310 Å². The van der Waals surface area contributed by atoms with E-state index in [2.05, 4.69) is 39.8 Å². The molecule has 25 nitrogen and oxygen atoms in total. The minimum absolute atomic E-state index is 0.00441. The number of unbranched alkanes of at least 4 members (excludes halogenated alkanes) is 45. The van der Waals surface area contributed by atoms with Crippen molar-refractivity contribution in [1.29, 1.82) is 0 Å².